The van der Waals surface area contributed by atoms with Crippen LogP contribution in [0.25, 0.3) is 5.57 Å². The van der Waals surface area contributed by atoms with E-state index in [1.54, 1.807) is 0 Å². The Morgan fingerprint density at radius 3 is 2.23 bits per heavy atom. The van der Waals surface area contributed by atoms with Gasteiger partial charge in [-0.05, 0) is 91.1 Å². The van der Waals surface area contributed by atoms with Crippen molar-refractivity contribution in [1.82, 2.24) is 4.98 Å². The Hall–Kier alpha value is -2.13. The first-order valence-corrected chi connectivity index (χ1v) is 15.7. The molecule has 0 aliphatic heterocycles. The third kappa shape index (κ3) is 7.15. The van der Waals surface area contributed by atoms with Crippen molar-refractivity contribution in [3.8, 4) is 6.07 Å². The predicted octanol–water partition coefficient (Wildman–Crippen LogP) is 8.42. The molecule has 212 valence electrons. The summed E-state index contributed by atoms with van der Waals surface area (Å²) in [4.78, 5) is 5.12. The topological polar surface area (TPSA) is 77.1 Å². The van der Waals surface area contributed by atoms with Crippen LogP contribution in [0, 0.1) is 16.7 Å². The highest BCUT2D eigenvalue weighted by Gasteiger charge is 2.38. The number of thioether (sulfide) groups is 1. The number of aliphatic hydroxyl groups is 2. The number of rotatable bonds is 6. The van der Waals surface area contributed by atoms with E-state index < -0.39 is 17.6 Å². The van der Waals surface area contributed by atoms with Gasteiger partial charge in [0.15, 0.2) is 0 Å². The third-order valence-electron chi connectivity index (χ3n) is 7.99. The van der Waals surface area contributed by atoms with Crippen molar-refractivity contribution >= 4 is 17.3 Å². The fourth-order valence-electron chi connectivity index (χ4n) is 5.60. The van der Waals surface area contributed by atoms with Crippen molar-refractivity contribution in [2.45, 2.75) is 116 Å². The summed E-state index contributed by atoms with van der Waals surface area (Å²) < 4.78 is 0. The molecule has 0 radical (unpaired) electrons. The monoisotopic (exact) mass is 548 g/mol. The molecule has 1 heterocycles. The Balaban J connectivity index is 0.000000771. The van der Waals surface area contributed by atoms with Crippen LogP contribution in [0.15, 0.2) is 30.3 Å². The van der Waals surface area contributed by atoms with Gasteiger partial charge >= 0.3 is 0 Å². The van der Waals surface area contributed by atoms with Gasteiger partial charge in [-0.3, -0.25) is 4.98 Å². The zero-order chi connectivity index (χ0) is 29.1. The van der Waals surface area contributed by atoms with Crippen molar-refractivity contribution in [3.05, 3.63) is 69.5 Å². The largest absolute Gasteiger partial charge is 0.388 e. The molecular formula is C34H48N2O2S. The molecule has 1 aromatic heterocycles. The van der Waals surface area contributed by atoms with Gasteiger partial charge in [-0.1, -0.05) is 71.9 Å². The average Bonchev–Trinajstić information content (AvgIpc) is 3.41. The summed E-state index contributed by atoms with van der Waals surface area (Å²) >= 11 is 1.88. The lowest BCUT2D eigenvalue weighted by atomic mass is 9.71. The lowest BCUT2D eigenvalue weighted by Crippen LogP contribution is -2.29. The molecule has 1 unspecified atom stereocenters. The van der Waals surface area contributed by atoms with Crippen LogP contribution in [0.1, 0.15) is 138 Å². The molecule has 1 aromatic carbocycles. The van der Waals surface area contributed by atoms with Gasteiger partial charge in [-0.2, -0.15) is 17.0 Å². The van der Waals surface area contributed by atoms with E-state index in [9.17, 15) is 15.5 Å². The molecule has 2 atom stereocenters. The zero-order valence-corrected chi connectivity index (χ0v) is 26.2. The first-order chi connectivity index (χ1) is 18.2. The summed E-state index contributed by atoms with van der Waals surface area (Å²) in [5, 5.41) is 33.4. The van der Waals surface area contributed by atoms with Crippen LogP contribution < -0.4 is 0 Å². The number of benzene rings is 1. The minimum Gasteiger partial charge on any atom is -0.388 e. The van der Waals surface area contributed by atoms with Gasteiger partial charge in [0.1, 0.15) is 6.10 Å². The average molecular weight is 549 g/mol. The molecule has 2 N–H and O–H groups in total. The van der Waals surface area contributed by atoms with E-state index in [4.69, 9.17) is 4.98 Å². The molecule has 2 aromatic rings. The molecule has 0 fully saturated rings. The van der Waals surface area contributed by atoms with Crippen LogP contribution in [-0.2, 0) is 11.8 Å². The normalized spacial score (nSPS) is 19.2. The summed E-state index contributed by atoms with van der Waals surface area (Å²) in [6.45, 7) is 16.8. The van der Waals surface area contributed by atoms with E-state index in [2.05, 4.69) is 59.9 Å². The molecule has 0 saturated heterocycles. The second-order valence-electron chi connectivity index (χ2n) is 13.0. The zero-order valence-electron chi connectivity index (χ0n) is 25.4. The maximum absolute atomic E-state index is 11.8. The fraction of sp³-hybridized carbons (Fsp3) is 0.588. The Morgan fingerprint density at radius 2 is 1.74 bits per heavy atom. The van der Waals surface area contributed by atoms with Crippen molar-refractivity contribution in [3.63, 3.8) is 0 Å². The predicted molar refractivity (Wildman–Crippen MR) is 165 cm³/mol. The highest BCUT2D eigenvalue weighted by atomic mass is 32.2. The van der Waals surface area contributed by atoms with E-state index >= 15 is 0 Å². The number of pyridine rings is 1. The van der Waals surface area contributed by atoms with E-state index in [-0.39, 0.29) is 11.3 Å². The first-order valence-electron chi connectivity index (χ1n) is 14.4. The lowest BCUT2D eigenvalue weighted by molar-refractivity contribution is 0.0972. The maximum atomic E-state index is 11.8. The number of aromatic nitrogens is 1. The number of hydrogen-bond donors (Lipinski definition) is 2. The standard InChI is InChI=1S/C30H38N2O2.C4H10S/c1-18(2)27-26(28(34)20-11-13-21(14-12-20)30(5,6)17-31)24(19-9-7-8-10-19)25-22(32-27)15-29(3,4)16-23(25)33;1-4(2)5-3/h9,11-14,18,23,28,33-34H,7-8,10,15-16H2,1-6H3;4H,1-3H3/t23?,28-;/m0./s1. The van der Waals surface area contributed by atoms with Gasteiger partial charge < -0.3 is 10.2 Å². The number of nitriles is 1. The molecule has 39 heavy (non-hydrogen) atoms. The molecule has 0 saturated carbocycles. The molecule has 2 aliphatic carbocycles. The fourth-order valence-corrected chi connectivity index (χ4v) is 5.60. The number of hydrogen-bond acceptors (Lipinski definition) is 5. The van der Waals surface area contributed by atoms with Crippen molar-refractivity contribution in [2.75, 3.05) is 6.26 Å². The number of nitrogens with zero attached hydrogens (tertiary/aromatic N) is 2. The Labute approximate surface area is 241 Å². The van der Waals surface area contributed by atoms with Crippen molar-refractivity contribution in [2.24, 2.45) is 5.41 Å². The van der Waals surface area contributed by atoms with E-state index in [1.807, 2.05) is 49.9 Å². The highest BCUT2D eigenvalue weighted by molar-refractivity contribution is 7.99. The second kappa shape index (κ2) is 12.6. The van der Waals surface area contributed by atoms with Gasteiger partial charge in [-0.15, -0.1) is 0 Å². The molecular weight excluding hydrogens is 500 g/mol. The number of allylic oxidation sites excluding steroid dienone is 2. The van der Waals surface area contributed by atoms with E-state index in [0.717, 1.165) is 70.1 Å². The minimum absolute atomic E-state index is 0.0154. The second-order valence-corrected chi connectivity index (χ2v) is 14.4. The van der Waals surface area contributed by atoms with Gasteiger partial charge in [-0.25, -0.2) is 0 Å². The van der Waals surface area contributed by atoms with Gasteiger partial charge in [0.2, 0.25) is 0 Å². The van der Waals surface area contributed by atoms with Crippen LogP contribution in [0.2, 0.25) is 0 Å². The summed E-state index contributed by atoms with van der Waals surface area (Å²) in [7, 11) is 0. The molecule has 4 rings (SSSR count). The molecule has 4 nitrogen and oxygen atoms in total. The molecule has 5 heteroatoms. The summed E-state index contributed by atoms with van der Waals surface area (Å²) in [6.07, 6.45) is 7.55. The van der Waals surface area contributed by atoms with Gasteiger partial charge in [0.05, 0.1) is 17.6 Å². The molecule has 0 bridgehead atoms. The summed E-state index contributed by atoms with van der Waals surface area (Å²) in [5.74, 6) is 0.134. The van der Waals surface area contributed by atoms with Gasteiger partial charge in [0.25, 0.3) is 0 Å². The maximum Gasteiger partial charge on any atom is 0.106 e. The smallest absolute Gasteiger partial charge is 0.106 e. The first kappa shape index (κ1) is 31.4. The minimum atomic E-state index is -0.854. The van der Waals surface area contributed by atoms with Crippen LogP contribution in [-0.4, -0.2) is 26.7 Å². The van der Waals surface area contributed by atoms with Crippen LogP contribution in [0.4, 0.5) is 0 Å². The third-order valence-corrected chi connectivity index (χ3v) is 8.93. The lowest BCUT2D eigenvalue weighted by Gasteiger charge is -2.37. The van der Waals surface area contributed by atoms with Crippen LogP contribution in [0.3, 0.4) is 0 Å². The molecule has 0 spiro atoms. The van der Waals surface area contributed by atoms with Crippen LogP contribution >= 0.6 is 11.8 Å². The van der Waals surface area contributed by atoms with Crippen molar-refractivity contribution < 1.29 is 10.2 Å². The van der Waals surface area contributed by atoms with E-state index in [1.165, 1.54) is 5.57 Å². The highest BCUT2D eigenvalue weighted by Crippen LogP contribution is 2.48. The molecule has 2 aliphatic rings. The number of fused-ring (bicyclic) bond motifs is 1. The molecule has 0 amide bonds. The number of aliphatic hydroxyl groups excluding tert-OH is 2. The summed E-state index contributed by atoms with van der Waals surface area (Å²) in [6, 6.07) is 10.1. The summed E-state index contributed by atoms with van der Waals surface area (Å²) in [5.41, 5.74) is 7.04. The SMILES string of the molecule is CC(C)c1nc2c(c(C3=CCCC3)c1[C@@H](O)c1ccc(C(C)(C)C#N)cc1)C(O)CC(C)(C)C2.CSC(C)C. The Bertz CT molecular complexity index is 1220. The van der Waals surface area contributed by atoms with E-state index in [0.29, 0.717) is 6.42 Å². The van der Waals surface area contributed by atoms with Crippen LogP contribution in [0.5, 0.6) is 0 Å². The quantitative estimate of drug-likeness (QED) is 0.379. The Kier molecular flexibility index (Phi) is 10.1. The van der Waals surface area contributed by atoms with Crippen molar-refractivity contribution in [1.29, 1.82) is 5.26 Å². The Morgan fingerprint density at radius 1 is 1.13 bits per heavy atom. The van der Waals surface area contributed by atoms with Gasteiger partial charge in [0, 0.05) is 22.5 Å².